The van der Waals surface area contributed by atoms with Crippen LogP contribution in [0.5, 0.6) is 0 Å². The largest absolute Gasteiger partial charge is 0.480 e. The van der Waals surface area contributed by atoms with Gasteiger partial charge in [0.1, 0.15) is 0 Å². The molecule has 14 nitrogen and oxygen atoms in total. The van der Waals surface area contributed by atoms with Crippen LogP contribution in [0.3, 0.4) is 0 Å². The van der Waals surface area contributed by atoms with Gasteiger partial charge >= 0.3 is 11.9 Å². The number of hydrogen-bond donors (Lipinski definition) is 7. The minimum atomic E-state index is -5.51. The van der Waals surface area contributed by atoms with Gasteiger partial charge in [-0.05, 0) is 6.42 Å². The zero-order valence-corrected chi connectivity index (χ0v) is 19.8. The SMILES string of the molecule is CCCCCCCCCCCC(N)=O.N.N.O=C(O)C(C(C(=O)O)S(=O)(=O)O)S(=O)(=O)O. The number of aliphatic carboxylic acids is 2. The van der Waals surface area contributed by atoms with Crippen LogP contribution in [0.2, 0.25) is 0 Å². The maximum absolute atomic E-state index is 10.5. The number of nitrogens with two attached hydrogens (primary N) is 1. The quantitative estimate of drug-likeness (QED) is 0.121. The maximum Gasteiger partial charge on any atom is 0.326 e. The molecule has 0 saturated heterocycles. The van der Waals surface area contributed by atoms with Crippen LogP contribution in [0.25, 0.3) is 0 Å². The topological polar surface area (TPSA) is 296 Å². The summed E-state index contributed by atoms with van der Waals surface area (Å²) in [5.41, 5.74) is 5.05. The van der Waals surface area contributed by atoms with Crippen molar-refractivity contribution < 1.29 is 50.5 Å². The number of hydrogen-bond acceptors (Lipinski definition) is 9. The Morgan fingerprint density at radius 1 is 0.688 bits per heavy atom. The Bertz CT molecular complexity index is 707. The minimum Gasteiger partial charge on any atom is -0.480 e. The molecule has 0 aromatic heterocycles. The molecule has 2 unspecified atom stereocenters. The molecule has 0 saturated carbocycles. The fraction of sp³-hybridized carbons (Fsp3) is 0.812. The number of amides is 1. The lowest BCUT2D eigenvalue weighted by Crippen LogP contribution is -2.49. The van der Waals surface area contributed by atoms with E-state index in [9.17, 15) is 31.2 Å². The van der Waals surface area contributed by atoms with Crippen molar-refractivity contribution in [3.8, 4) is 0 Å². The van der Waals surface area contributed by atoms with Gasteiger partial charge in [-0.2, -0.15) is 16.8 Å². The third-order valence-electron chi connectivity index (χ3n) is 3.93. The first-order valence-corrected chi connectivity index (χ1v) is 12.3. The molecule has 0 aromatic rings. The van der Waals surface area contributed by atoms with Gasteiger partial charge in [-0.1, -0.05) is 58.3 Å². The summed E-state index contributed by atoms with van der Waals surface area (Å²) in [5.74, 6) is -5.01. The Labute approximate surface area is 188 Å². The van der Waals surface area contributed by atoms with Gasteiger partial charge in [-0.15, -0.1) is 0 Å². The van der Waals surface area contributed by atoms with Crippen molar-refractivity contribution in [2.75, 3.05) is 0 Å². The first-order valence-electron chi connectivity index (χ1n) is 9.32. The Morgan fingerprint density at radius 2 is 0.969 bits per heavy atom. The van der Waals surface area contributed by atoms with Crippen molar-refractivity contribution in [3.05, 3.63) is 0 Å². The molecule has 0 aliphatic heterocycles. The number of rotatable bonds is 15. The summed E-state index contributed by atoms with van der Waals surface area (Å²) < 4.78 is 58.8. The molecule has 194 valence electrons. The molecule has 2 atom stereocenters. The van der Waals surface area contributed by atoms with E-state index in [1.165, 1.54) is 44.9 Å². The van der Waals surface area contributed by atoms with E-state index in [4.69, 9.17) is 25.1 Å². The summed E-state index contributed by atoms with van der Waals surface area (Å²) in [6.45, 7) is 2.24. The highest BCUT2D eigenvalue weighted by atomic mass is 32.2. The number of carboxylic acids is 2. The van der Waals surface area contributed by atoms with Crippen LogP contribution in [0, 0.1) is 0 Å². The lowest BCUT2D eigenvalue weighted by Gasteiger charge is -2.14. The van der Waals surface area contributed by atoms with E-state index < -0.39 is 42.7 Å². The molecule has 0 aliphatic carbocycles. The van der Waals surface area contributed by atoms with Crippen molar-refractivity contribution in [3.63, 3.8) is 0 Å². The second-order valence-electron chi connectivity index (χ2n) is 6.59. The average molecular weight is 512 g/mol. The standard InChI is InChI=1S/C12H25NO.C4H6O10S2.2H3N/c1-2-3-4-5-6-7-8-9-10-11-12(13)14;5-3(6)1(15(9,10)11)2(4(7)8)16(12,13)14;;/h2-11H2,1H3,(H2,13,14);1-2H,(H,5,6)(H,7,8)(H,9,10,11)(H,12,13,14);2*1H3. The van der Waals surface area contributed by atoms with Crippen LogP contribution < -0.4 is 18.0 Å². The second-order valence-corrected chi connectivity index (χ2v) is 9.67. The van der Waals surface area contributed by atoms with Gasteiger partial charge in [0.2, 0.25) is 16.4 Å². The summed E-state index contributed by atoms with van der Waals surface area (Å²) in [6, 6.07) is 0. The highest BCUT2D eigenvalue weighted by Crippen LogP contribution is 2.14. The van der Waals surface area contributed by atoms with Gasteiger partial charge in [0.05, 0.1) is 0 Å². The molecule has 0 spiro atoms. The number of carboxylic acid groups (broad SMARTS) is 2. The molecular formula is C16H37N3O11S2. The van der Waals surface area contributed by atoms with Crippen LogP contribution in [-0.2, 0) is 34.6 Å². The highest BCUT2D eigenvalue weighted by molar-refractivity contribution is 7.91. The summed E-state index contributed by atoms with van der Waals surface area (Å²) in [4.78, 5) is 31.1. The number of primary amides is 1. The monoisotopic (exact) mass is 511 g/mol. The lowest BCUT2D eigenvalue weighted by molar-refractivity contribution is -0.143. The molecule has 12 N–H and O–H groups in total. The highest BCUT2D eigenvalue weighted by Gasteiger charge is 2.50. The Morgan fingerprint density at radius 3 is 1.19 bits per heavy atom. The van der Waals surface area contributed by atoms with Gasteiger partial charge < -0.3 is 28.2 Å². The Hall–Kier alpha value is -1.85. The molecule has 0 radical (unpaired) electrons. The van der Waals surface area contributed by atoms with Crippen LogP contribution in [0.4, 0.5) is 0 Å². The summed E-state index contributed by atoms with van der Waals surface area (Å²) in [6.07, 6.45) is 12.1. The number of unbranched alkanes of at least 4 members (excludes halogenated alkanes) is 8. The second kappa shape index (κ2) is 18.7. The molecule has 16 heteroatoms. The normalized spacial score (nSPS) is 12.7. The zero-order valence-electron chi connectivity index (χ0n) is 18.2. The Balaban J connectivity index is -0.000000232. The van der Waals surface area contributed by atoms with E-state index in [-0.39, 0.29) is 18.2 Å². The first-order chi connectivity index (χ1) is 13.7. The first kappa shape index (κ1) is 37.5. The molecule has 0 aliphatic rings. The molecule has 0 fully saturated rings. The summed E-state index contributed by atoms with van der Waals surface area (Å²) in [7, 11) is -11.0. The van der Waals surface area contributed by atoms with E-state index >= 15 is 0 Å². The zero-order chi connectivity index (χ0) is 24.0. The van der Waals surface area contributed by atoms with Gasteiger partial charge in [0.15, 0.2) is 0 Å². The number of carbonyl (C=O) groups excluding carboxylic acids is 1. The maximum atomic E-state index is 10.5. The third kappa shape index (κ3) is 18.9. The van der Waals surface area contributed by atoms with Crippen molar-refractivity contribution in [1.82, 2.24) is 12.3 Å². The third-order valence-corrected chi connectivity index (χ3v) is 6.33. The molecule has 0 heterocycles. The van der Waals surface area contributed by atoms with Crippen LogP contribution in [0.1, 0.15) is 71.1 Å². The minimum absolute atomic E-state index is 0. The fourth-order valence-corrected chi connectivity index (χ4v) is 4.65. The van der Waals surface area contributed by atoms with Crippen molar-refractivity contribution >= 4 is 38.1 Å². The van der Waals surface area contributed by atoms with E-state index in [2.05, 4.69) is 6.92 Å². The van der Waals surface area contributed by atoms with Crippen molar-refractivity contribution in [1.29, 1.82) is 0 Å². The van der Waals surface area contributed by atoms with Gasteiger partial charge in [0, 0.05) is 6.42 Å². The van der Waals surface area contributed by atoms with E-state index in [0.717, 1.165) is 12.8 Å². The van der Waals surface area contributed by atoms with Gasteiger partial charge in [0.25, 0.3) is 20.2 Å². The predicted molar refractivity (Wildman–Crippen MR) is 117 cm³/mol. The van der Waals surface area contributed by atoms with Crippen LogP contribution in [0.15, 0.2) is 0 Å². The summed E-state index contributed by atoms with van der Waals surface area (Å²) >= 11 is 0. The van der Waals surface area contributed by atoms with E-state index in [0.29, 0.717) is 6.42 Å². The van der Waals surface area contributed by atoms with E-state index in [1.807, 2.05) is 0 Å². The smallest absolute Gasteiger partial charge is 0.326 e. The predicted octanol–water partition coefficient (Wildman–Crippen LogP) is 1.39. The fourth-order valence-electron chi connectivity index (χ4n) is 2.44. The Kier molecular flexibility index (Phi) is 21.9. The molecule has 0 rings (SSSR count). The average Bonchev–Trinajstić information content (AvgIpc) is 2.55. The number of carbonyl (C=O) groups is 3. The van der Waals surface area contributed by atoms with Crippen molar-refractivity contribution in [2.45, 2.75) is 81.6 Å². The molecule has 32 heavy (non-hydrogen) atoms. The molecule has 1 amide bonds. The molecular weight excluding hydrogens is 474 g/mol. The van der Waals surface area contributed by atoms with Crippen molar-refractivity contribution in [2.24, 2.45) is 5.73 Å². The molecule has 0 bridgehead atoms. The molecule has 0 aromatic carbocycles. The van der Waals surface area contributed by atoms with Gasteiger partial charge in [-0.3, -0.25) is 23.5 Å². The van der Waals surface area contributed by atoms with Gasteiger partial charge in [-0.25, -0.2) is 0 Å². The van der Waals surface area contributed by atoms with Crippen LogP contribution >= 0.6 is 0 Å². The lowest BCUT2D eigenvalue weighted by atomic mass is 10.1. The van der Waals surface area contributed by atoms with E-state index in [1.54, 1.807) is 0 Å². The van der Waals surface area contributed by atoms with Crippen LogP contribution in [-0.4, -0.2) is 64.5 Å². The summed E-state index contributed by atoms with van der Waals surface area (Å²) in [5, 5.41) is 10.2.